The molecule has 2 aromatic rings. The van der Waals surface area contributed by atoms with Crippen molar-refractivity contribution < 1.29 is 19.8 Å². The van der Waals surface area contributed by atoms with E-state index in [4.69, 9.17) is 10.2 Å². The molecule has 0 amide bonds. The lowest BCUT2D eigenvalue weighted by Crippen LogP contribution is -2.14. The monoisotopic (exact) mass is 418 g/mol. The molecule has 0 aliphatic heterocycles. The Morgan fingerprint density at radius 1 is 1.04 bits per heavy atom. The Morgan fingerprint density at radius 3 is 2.12 bits per heavy atom. The number of aromatic nitrogens is 1. The second kappa shape index (κ2) is 12.5. The van der Waals surface area contributed by atoms with Crippen LogP contribution in [0.5, 0.6) is 0 Å². The van der Waals surface area contributed by atoms with E-state index in [0.717, 1.165) is 23.0 Å². The minimum Gasteiger partial charge on any atom is -0.478 e. The van der Waals surface area contributed by atoms with Crippen molar-refractivity contribution in [3.63, 3.8) is 0 Å². The number of thioether (sulfide) groups is 1. The van der Waals surface area contributed by atoms with E-state index in [2.05, 4.69) is 10.3 Å². The van der Waals surface area contributed by atoms with Gasteiger partial charge in [-0.05, 0) is 43.2 Å². The molecule has 6 nitrogen and oxygen atoms in total. The van der Waals surface area contributed by atoms with Gasteiger partial charge in [-0.15, -0.1) is 24.8 Å². The normalized spacial score (nSPS) is 11.8. The van der Waals surface area contributed by atoms with Crippen LogP contribution in [-0.4, -0.2) is 39.1 Å². The summed E-state index contributed by atoms with van der Waals surface area (Å²) in [5.74, 6) is -1.27. The van der Waals surface area contributed by atoms with E-state index in [-0.39, 0.29) is 35.9 Å². The smallest absolute Gasteiger partial charge is 0.335 e. The molecule has 142 valence electrons. The first-order valence-electron chi connectivity index (χ1n) is 7.40. The van der Waals surface area contributed by atoms with Gasteiger partial charge in [0, 0.05) is 18.1 Å². The lowest BCUT2D eigenvalue weighted by atomic mass is 10.1. The molecule has 1 saturated carbocycles. The maximum atomic E-state index is 10.4. The Labute approximate surface area is 168 Å². The minimum atomic E-state index is -1.13. The highest BCUT2D eigenvalue weighted by molar-refractivity contribution is 7.99. The molecule has 1 aliphatic carbocycles. The first-order valence-corrected chi connectivity index (χ1v) is 8.38. The third-order valence-electron chi connectivity index (χ3n) is 3.16. The molecule has 1 aromatic heterocycles. The molecular formula is C17H20Cl2N2O4S. The van der Waals surface area contributed by atoms with Crippen LogP contribution in [0.2, 0.25) is 0 Å². The van der Waals surface area contributed by atoms with Crippen LogP contribution in [0.15, 0.2) is 53.7 Å². The van der Waals surface area contributed by atoms with Crippen LogP contribution in [0.25, 0.3) is 0 Å². The van der Waals surface area contributed by atoms with Crippen LogP contribution in [0, 0.1) is 0 Å². The molecule has 9 heteroatoms. The minimum absolute atomic E-state index is 0. The number of carboxylic acid groups (broad SMARTS) is 2. The molecule has 0 saturated heterocycles. The van der Waals surface area contributed by atoms with Crippen molar-refractivity contribution >= 4 is 48.5 Å². The number of aromatic carboxylic acids is 2. The van der Waals surface area contributed by atoms with Crippen LogP contribution >= 0.6 is 36.6 Å². The van der Waals surface area contributed by atoms with Crippen molar-refractivity contribution in [3.05, 3.63) is 59.8 Å². The molecule has 3 N–H and O–H groups in total. The van der Waals surface area contributed by atoms with E-state index >= 15 is 0 Å². The van der Waals surface area contributed by atoms with Crippen molar-refractivity contribution in [2.75, 3.05) is 5.88 Å². The Morgan fingerprint density at radius 2 is 1.65 bits per heavy atom. The molecular weight excluding hydrogens is 399 g/mol. The number of rotatable bonds is 6. The van der Waals surface area contributed by atoms with Gasteiger partial charge in [0.2, 0.25) is 0 Å². The highest BCUT2D eigenvalue weighted by Gasteiger charge is 2.19. The number of carbonyl (C=O) groups is 2. The lowest BCUT2D eigenvalue weighted by Gasteiger charge is -2.00. The molecule has 3 rings (SSSR count). The van der Waals surface area contributed by atoms with Crippen LogP contribution in [0.4, 0.5) is 0 Å². The van der Waals surface area contributed by atoms with E-state index in [1.807, 2.05) is 24.4 Å². The van der Waals surface area contributed by atoms with Crippen LogP contribution in [-0.2, 0) is 0 Å². The third-order valence-corrected chi connectivity index (χ3v) is 4.01. The van der Waals surface area contributed by atoms with Crippen molar-refractivity contribution in [2.45, 2.75) is 23.9 Å². The highest BCUT2D eigenvalue weighted by Crippen LogP contribution is 2.20. The lowest BCUT2D eigenvalue weighted by molar-refractivity contribution is 0.0696. The fourth-order valence-electron chi connectivity index (χ4n) is 1.74. The molecule has 0 atom stereocenters. The van der Waals surface area contributed by atoms with Gasteiger partial charge in [-0.1, -0.05) is 23.9 Å². The fraction of sp³-hybridized carbons (Fsp3) is 0.235. The molecule has 1 aromatic carbocycles. The van der Waals surface area contributed by atoms with Crippen LogP contribution in [0.1, 0.15) is 33.6 Å². The fourth-order valence-corrected chi connectivity index (χ4v) is 2.52. The number of carboxylic acids is 2. The third kappa shape index (κ3) is 9.05. The zero-order chi connectivity index (χ0) is 17.4. The van der Waals surface area contributed by atoms with Crippen molar-refractivity contribution in [1.82, 2.24) is 10.3 Å². The Kier molecular flexibility index (Phi) is 11.7. The van der Waals surface area contributed by atoms with Gasteiger partial charge in [0.05, 0.1) is 16.2 Å². The molecule has 0 spiro atoms. The number of pyridine rings is 1. The second-order valence-corrected chi connectivity index (χ2v) is 6.12. The molecule has 1 aliphatic rings. The first-order chi connectivity index (χ1) is 11.6. The average Bonchev–Trinajstić information content (AvgIpc) is 3.41. The molecule has 26 heavy (non-hydrogen) atoms. The number of hydrogen-bond acceptors (Lipinski definition) is 5. The summed E-state index contributed by atoms with van der Waals surface area (Å²) in [5.41, 5.74) is -0.0372. The van der Waals surface area contributed by atoms with E-state index in [1.54, 1.807) is 11.8 Å². The van der Waals surface area contributed by atoms with Gasteiger partial charge in [-0.25, -0.2) is 14.6 Å². The molecule has 1 heterocycles. The van der Waals surface area contributed by atoms with E-state index in [0.29, 0.717) is 0 Å². The summed E-state index contributed by atoms with van der Waals surface area (Å²) >= 11 is 1.77. The highest BCUT2D eigenvalue weighted by atomic mass is 35.5. The predicted molar refractivity (Wildman–Crippen MR) is 106 cm³/mol. The first kappa shape index (κ1) is 24.2. The summed E-state index contributed by atoms with van der Waals surface area (Å²) in [6, 6.07) is 12.0. The number of halogens is 2. The quantitative estimate of drug-likeness (QED) is 0.484. The van der Waals surface area contributed by atoms with Gasteiger partial charge in [0.25, 0.3) is 0 Å². The maximum absolute atomic E-state index is 10.4. The summed E-state index contributed by atoms with van der Waals surface area (Å²) < 4.78 is 0. The largest absolute Gasteiger partial charge is 0.478 e. The number of hydrogen-bond donors (Lipinski definition) is 3. The summed E-state index contributed by atoms with van der Waals surface area (Å²) in [6.45, 7) is 0. The summed E-state index contributed by atoms with van der Waals surface area (Å²) in [6.07, 6.45) is 4.53. The molecule has 1 fully saturated rings. The Hall–Kier alpha value is -1.80. The molecule has 0 radical (unpaired) electrons. The zero-order valence-corrected chi connectivity index (χ0v) is 16.1. The van der Waals surface area contributed by atoms with Crippen LogP contribution < -0.4 is 5.32 Å². The molecule has 0 unspecified atom stereocenters. The predicted octanol–water partition coefficient (Wildman–Crippen LogP) is 3.81. The van der Waals surface area contributed by atoms with Crippen molar-refractivity contribution in [3.8, 4) is 0 Å². The van der Waals surface area contributed by atoms with Crippen molar-refractivity contribution in [1.29, 1.82) is 0 Å². The van der Waals surface area contributed by atoms with Gasteiger partial charge in [-0.2, -0.15) is 0 Å². The Balaban J connectivity index is 0.000000446. The van der Waals surface area contributed by atoms with E-state index in [1.165, 1.54) is 31.0 Å². The van der Waals surface area contributed by atoms with Gasteiger partial charge >= 0.3 is 11.9 Å². The van der Waals surface area contributed by atoms with Gasteiger partial charge in [0.15, 0.2) is 0 Å². The van der Waals surface area contributed by atoms with Gasteiger partial charge in [-0.3, -0.25) is 0 Å². The Bertz CT molecular complexity index is 671. The standard InChI is InChI=1S/C9H12N2S.C8H6O4.2ClH/c1-2-6-10-9(3-1)12-7-11-8-4-5-8;9-7(10)5-2-1-3-6(4-5)8(11)12;;/h1-3,6,8,11H,4-5,7H2;1-4H,(H,9,10)(H,11,12);2*1H. The molecule has 0 bridgehead atoms. The topological polar surface area (TPSA) is 99.5 Å². The van der Waals surface area contributed by atoms with Crippen molar-refractivity contribution in [2.24, 2.45) is 0 Å². The van der Waals surface area contributed by atoms with Crippen LogP contribution in [0.3, 0.4) is 0 Å². The average molecular weight is 419 g/mol. The maximum Gasteiger partial charge on any atom is 0.335 e. The SMILES string of the molecule is Cl.Cl.O=C(O)c1cccc(C(=O)O)c1.c1ccc(SCNC2CC2)nc1. The number of benzene rings is 1. The zero-order valence-electron chi connectivity index (χ0n) is 13.7. The van der Waals surface area contributed by atoms with Gasteiger partial charge in [0.1, 0.15) is 0 Å². The van der Waals surface area contributed by atoms with E-state index < -0.39 is 11.9 Å². The summed E-state index contributed by atoms with van der Waals surface area (Å²) in [5, 5.41) is 21.5. The van der Waals surface area contributed by atoms with E-state index in [9.17, 15) is 9.59 Å². The number of nitrogens with one attached hydrogen (secondary N) is 1. The second-order valence-electron chi connectivity index (χ2n) is 5.13. The summed E-state index contributed by atoms with van der Waals surface area (Å²) in [4.78, 5) is 25.0. The summed E-state index contributed by atoms with van der Waals surface area (Å²) in [7, 11) is 0. The number of nitrogens with zero attached hydrogens (tertiary/aromatic N) is 1. The van der Waals surface area contributed by atoms with Gasteiger partial charge < -0.3 is 15.5 Å².